The maximum Gasteiger partial charge on any atom is 0.282 e. The molecule has 0 saturated carbocycles. The Morgan fingerprint density at radius 3 is 2.42 bits per heavy atom. The van der Waals surface area contributed by atoms with E-state index < -0.39 is 0 Å². The summed E-state index contributed by atoms with van der Waals surface area (Å²) in [5, 5.41) is 5.08. The van der Waals surface area contributed by atoms with Crippen LogP contribution in [0.1, 0.15) is 37.7 Å². The fourth-order valence-electron chi connectivity index (χ4n) is 3.35. The predicted molar refractivity (Wildman–Crippen MR) is 140 cm³/mol. The molecule has 0 N–H and O–H groups in total. The zero-order valence-corrected chi connectivity index (χ0v) is 21.7. The Morgan fingerprint density at radius 1 is 1.00 bits per heavy atom. The maximum absolute atomic E-state index is 13.4. The van der Waals surface area contributed by atoms with Gasteiger partial charge >= 0.3 is 0 Å². The summed E-state index contributed by atoms with van der Waals surface area (Å²) in [6, 6.07) is 21.2. The van der Waals surface area contributed by atoms with Gasteiger partial charge in [-0.2, -0.15) is 9.78 Å². The van der Waals surface area contributed by atoms with Crippen molar-refractivity contribution in [1.82, 2.24) is 9.66 Å². The molecule has 0 amide bonds. The second-order valence-corrected chi connectivity index (χ2v) is 10.5. The lowest BCUT2D eigenvalue weighted by molar-refractivity contribution is 0.305. The fourth-order valence-corrected chi connectivity index (χ4v) is 4.09. The lowest BCUT2D eigenvalue weighted by atomic mass is 9.95. The molecule has 0 atom stereocenters. The Balaban J connectivity index is 1.77. The monoisotopic (exact) mass is 567 g/mol. The molecule has 0 aliphatic rings. The minimum absolute atomic E-state index is 0.218. The van der Waals surface area contributed by atoms with Crippen LogP contribution in [0.2, 0.25) is 0 Å². The Morgan fingerprint density at radius 2 is 1.70 bits per heavy atom. The van der Waals surface area contributed by atoms with E-state index in [0.717, 1.165) is 20.1 Å². The van der Waals surface area contributed by atoms with Crippen molar-refractivity contribution in [3.05, 3.63) is 103 Å². The smallest absolute Gasteiger partial charge is 0.282 e. The van der Waals surface area contributed by atoms with Crippen molar-refractivity contribution < 1.29 is 4.74 Å². The van der Waals surface area contributed by atoms with Crippen molar-refractivity contribution in [2.45, 2.75) is 32.8 Å². The molecule has 0 fully saturated rings. The van der Waals surface area contributed by atoms with Gasteiger partial charge in [0.05, 0.1) is 17.1 Å². The van der Waals surface area contributed by atoms with Crippen molar-refractivity contribution in [1.29, 1.82) is 0 Å². The summed E-state index contributed by atoms with van der Waals surface area (Å²) in [7, 11) is 0. The second-order valence-electron chi connectivity index (χ2n) is 8.66. The zero-order valence-electron chi connectivity index (χ0n) is 18.5. The van der Waals surface area contributed by atoms with E-state index >= 15 is 0 Å². The average Bonchev–Trinajstić information content (AvgIpc) is 2.78. The molecule has 168 valence electrons. The quantitative estimate of drug-likeness (QED) is 0.252. The molecule has 1 aromatic heterocycles. The van der Waals surface area contributed by atoms with Gasteiger partial charge in [0.1, 0.15) is 18.2 Å². The van der Waals surface area contributed by atoms with Crippen molar-refractivity contribution in [3.8, 4) is 5.75 Å². The van der Waals surface area contributed by atoms with Crippen LogP contribution < -0.4 is 10.3 Å². The summed E-state index contributed by atoms with van der Waals surface area (Å²) >= 11 is 6.96. The van der Waals surface area contributed by atoms with Crippen LogP contribution in [0, 0.1) is 0 Å². The van der Waals surface area contributed by atoms with Crippen LogP contribution in [0.15, 0.2) is 85.6 Å². The maximum atomic E-state index is 13.4. The van der Waals surface area contributed by atoms with Gasteiger partial charge in [-0.3, -0.25) is 4.79 Å². The molecule has 7 heteroatoms. The van der Waals surface area contributed by atoms with Crippen LogP contribution >= 0.6 is 31.9 Å². The molecule has 0 aliphatic carbocycles. The second kappa shape index (κ2) is 9.61. The summed E-state index contributed by atoms with van der Waals surface area (Å²) in [5.74, 6) is 1.26. The van der Waals surface area contributed by atoms with Crippen LogP contribution in [-0.4, -0.2) is 15.9 Å². The lowest BCUT2D eigenvalue weighted by Crippen LogP contribution is -2.29. The first-order chi connectivity index (χ1) is 15.7. The SMILES string of the molecule is CC(C)(C)c1nc2ccc(Br)cc2c(=O)n1N=Cc1cc(Br)ccc1OCc1ccccc1. The standard InChI is InChI=1S/C26H23Br2N3O2/c1-26(2,3)25-30-22-11-9-20(28)14-21(22)24(32)31(25)29-15-18-13-19(27)10-12-23(18)33-16-17-7-5-4-6-8-17/h4-15H,16H2,1-3H3. The molecule has 0 bridgehead atoms. The zero-order chi connectivity index (χ0) is 23.6. The van der Waals surface area contributed by atoms with Gasteiger partial charge in [0.15, 0.2) is 0 Å². The van der Waals surface area contributed by atoms with E-state index in [1.807, 2.05) is 81.4 Å². The number of aromatic nitrogens is 2. The van der Waals surface area contributed by atoms with Gasteiger partial charge in [-0.05, 0) is 42.0 Å². The highest BCUT2D eigenvalue weighted by Gasteiger charge is 2.23. The minimum Gasteiger partial charge on any atom is -0.488 e. The number of ether oxygens (including phenoxy) is 1. The molecule has 0 radical (unpaired) electrons. The molecule has 3 aromatic carbocycles. The molecule has 0 spiro atoms. The highest BCUT2D eigenvalue weighted by molar-refractivity contribution is 9.10. The Kier molecular flexibility index (Phi) is 6.81. The number of nitrogens with zero attached hydrogens (tertiary/aromatic N) is 3. The molecular formula is C26H23Br2N3O2. The molecule has 4 rings (SSSR count). The predicted octanol–water partition coefficient (Wildman–Crippen LogP) is 6.68. The largest absolute Gasteiger partial charge is 0.488 e. The van der Waals surface area contributed by atoms with Crippen molar-refractivity contribution in [2.75, 3.05) is 0 Å². The Hall–Kier alpha value is -2.77. The third-order valence-corrected chi connectivity index (χ3v) is 5.99. The molecule has 4 aromatic rings. The first-order valence-electron chi connectivity index (χ1n) is 10.5. The number of halogens is 2. The number of benzene rings is 3. The van der Waals surface area contributed by atoms with Gasteiger partial charge < -0.3 is 4.74 Å². The van der Waals surface area contributed by atoms with Crippen molar-refractivity contribution >= 4 is 49.0 Å². The first-order valence-corrected chi connectivity index (χ1v) is 12.0. The van der Waals surface area contributed by atoms with Crippen LogP contribution in [0.25, 0.3) is 10.9 Å². The number of hydrogen-bond donors (Lipinski definition) is 0. The molecule has 5 nitrogen and oxygen atoms in total. The molecule has 0 unspecified atom stereocenters. The first kappa shape index (κ1) is 23.4. The normalized spacial score (nSPS) is 11.9. The van der Waals surface area contributed by atoms with E-state index in [4.69, 9.17) is 9.72 Å². The van der Waals surface area contributed by atoms with Gasteiger partial charge in [-0.1, -0.05) is 83.0 Å². The summed E-state index contributed by atoms with van der Waals surface area (Å²) in [6.07, 6.45) is 1.65. The van der Waals surface area contributed by atoms with Gasteiger partial charge in [0, 0.05) is 19.9 Å². The highest BCUT2D eigenvalue weighted by atomic mass is 79.9. The number of rotatable bonds is 5. The topological polar surface area (TPSA) is 56.5 Å². The van der Waals surface area contributed by atoms with E-state index in [1.165, 1.54) is 4.68 Å². The lowest BCUT2D eigenvalue weighted by Gasteiger charge is -2.21. The molecular weight excluding hydrogens is 546 g/mol. The number of fused-ring (bicyclic) bond motifs is 1. The van der Waals surface area contributed by atoms with Gasteiger partial charge in [0.25, 0.3) is 5.56 Å². The van der Waals surface area contributed by atoms with E-state index in [9.17, 15) is 4.79 Å². The van der Waals surface area contributed by atoms with Gasteiger partial charge in [-0.25, -0.2) is 4.98 Å². The van der Waals surface area contributed by atoms with Crippen LogP contribution in [0.4, 0.5) is 0 Å². The molecule has 0 saturated heterocycles. The highest BCUT2D eigenvalue weighted by Crippen LogP contribution is 2.25. The minimum atomic E-state index is -0.387. The Bertz CT molecular complexity index is 1390. The summed E-state index contributed by atoms with van der Waals surface area (Å²) in [6.45, 7) is 6.47. The van der Waals surface area contributed by atoms with Crippen molar-refractivity contribution in [3.63, 3.8) is 0 Å². The van der Waals surface area contributed by atoms with Crippen LogP contribution in [-0.2, 0) is 12.0 Å². The van der Waals surface area contributed by atoms with Crippen LogP contribution in [0.3, 0.4) is 0 Å². The van der Waals surface area contributed by atoms with Gasteiger partial charge in [-0.15, -0.1) is 0 Å². The van der Waals surface area contributed by atoms with Crippen LogP contribution in [0.5, 0.6) is 5.75 Å². The third kappa shape index (κ3) is 5.42. The Labute approximate surface area is 209 Å². The number of hydrogen-bond acceptors (Lipinski definition) is 4. The fraction of sp³-hybridized carbons (Fsp3) is 0.192. The van der Waals surface area contributed by atoms with E-state index in [-0.39, 0.29) is 11.0 Å². The van der Waals surface area contributed by atoms with E-state index in [2.05, 4.69) is 37.0 Å². The molecule has 1 heterocycles. The average molecular weight is 569 g/mol. The third-order valence-electron chi connectivity index (χ3n) is 5.00. The summed E-state index contributed by atoms with van der Waals surface area (Å²) in [5.41, 5.74) is 1.86. The van der Waals surface area contributed by atoms with E-state index in [1.54, 1.807) is 12.3 Å². The van der Waals surface area contributed by atoms with Gasteiger partial charge in [0.2, 0.25) is 0 Å². The summed E-state index contributed by atoms with van der Waals surface area (Å²) < 4.78 is 9.15. The summed E-state index contributed by atoms with van der Waals surface area (Å²) in [4.78, 5) is 18.1. The van der Waals surface area contributed by atoms with E-state index in [0.29, 0.717) is 29.1 Å². The van der Waals surface area contributed by atoms with Crippen molar-refractivity contribution in [2.24, 2.45) is 5.10 Å². The molecule has 33 heavy (non-hydrogen) atoms. The molecule has 0 aliphatic heterocycles.